The molecular formula is C9H16N4O. The number of nitrogens with zero attached hydrogens (tertiary/aromatic N) is 2. The van der Waals surface area contributed by atoms with E-state index in [9.17, 15) is 4.79 Å². The molecule has 1 aromatic heterocycles. The molecule has 1 aromatic rings. The maximum Gasteiger partial charge on any atom is 0.223 e. The van der Waals surface area contributed by atoms with Gasteiger partial charge in [0.05, 0.1) is 6.54 Å². The number of amides is 1. The Bertz CT molecular complexity index is 270. The van der Waals surface area contributed by atoms with Gasteiger partial charge in [0.15, 0.2) is 0 Å². The van der Waals surface area contributed by atoms with Gasteiger partial charge in [-0.25, -0.2) is 4.98 Å². The molecule has 14 heavy (non-hydrogen) atoms. The number of carbonyl (C=O) groups is 1. The molecule has 0 unspecified atom stereocenters. The van der Waals surface area contributed by atoms with E-state index in [0.29, 0.717) is 19.5 Å². The Morgan fingerprint density at radius 3 is 3.07 bits per heavy atom. The quantitative estimate of drug-likeness (QED) is 0.695. The molecule has 78 valence electrons. The van der Waals surface area contributed by atoms with Crippen LogP contribution in [0.3, 0.4) is 0 Å². The summed E-state index contributed by atoms with van der Waals surface area (Å²) in [6.07, 6.45) is 3.95. The summed E-state index contributed by atoms with van der Waals surface area (Å²) in [5.74, 6) is 0.932. The third kappa shape index (κ3) is 3.18. The lowest BCUT2D eigenvalue weighted by Crippen LogP contribution is -2.29. The predicted octanol–water partition coefficient (Wildman–Crippen LogP) is -0.0224. The minimum atomic E-state index is 0.121. The molecule has 0 aliphatic rings. The van der Waals surface area contributed by atoms with Gasteiger partial charge in [0, 0.05) is 32.4 Å². The normalized spacial score (nSPS) is 10.1. The zero-order valence-electron chi connectivity index (χ0n) is 8.58. The largest absolute Gasteiger partial charge is 0.347 e. The highest BCUT2D eigenvalue weighted by Crippen LogP contribution is 1.97. The van der Waals surface area contributed by atoms with E-state index in [2.05, 4.69) is 15.3 Å². The highest BCUT2D eigenvalue weighted by molar-refractivity contribution is 5.75. The van der Waals surface area contributed by atoms with Gasteiger partial charge in [-0.2, -0.15) is 0 Å². The maximum absolute atomic E-state index is 11.5. The molecule has 0 fully saturated rings. The van der Waals surface area contributed by atoms with Crippen molar-refractivity contribution in [2.75, 3.05) is 20.6 Å². The molecule has 1 rings (SSSR count). The first kappa shape index (κ1) is 10.7. The first-order valence-corrected chi connectivity index (χ1v) is 4.61. The second-order valence-electron chi connectivity index (χ2n) is 3.14. The van der Waals surface area contributed by atoms with Crippen LogP contribution in [-0.2, 0) is 11.3 Å². The van der Waals surface area contributed by atoms with Crippen LogP contribution in [0.25, 0.3) is 0 Å². The zero-order valence-corrected chi connectivity index (χ0v) is 8.58. The van der Waals surface area contributed by atoms with Gasteiger partial charge in [-0.3, -0.25) is 4.79 Å². The fraction of sp³-hybridized carbons (Fsp3) is 0.556. The molecule has 0 saturated carbocycles. The van der Waals surface area contributed by atoms with Crippen molar-refractivity contribution in [3.63, 3.8) is 0 Å². The Labute approximate surface area is 83.5 Å². The summed E-state index contributed by atoms with van der Waals surface area (Å²) < 4.78 is 0. The number of hydrogen-bond acceptors (Lipinski definition) is 3. The Morgan fingerprint density at radius 2 is 2.50 bits per heavy atom. The van der Waals surface area contributed by atoms with Crippen LogP contribution in [0.15, 0.2) is 12.4 Å². The number of nitrogens with one attached hydrogen (secondary N) is 2. The number of rotatable bonds is 5. The van der Waals surface area contributed by atoms with Crippen molar-refractivity contribution in [1.29, 1.82) is 0 Å². The molecule has 5 nitrogen and oxygen atoms in total. The average Bonchev–Trinajstić information content (AvgIpc) is 2.66. The van der Waals surface area contributed by atoms with Crippen molar-refractivity contribution in [2.24, 2.45) is 0 Å². The van der Waals surface area contributed by atoms with Crippen molar-refractivity contribution in [2.45, 2.75) is 13.0 Å². The van der Waals surface area contributed by atoms with Gasteiger partial charge < -0.3 is 15.2 Å². The fourth-order valence-electron chi connectivity index (χ4n) is 1.12. The number of hydrogen-bond donors (Lipinski definition) is 2. The predicted molar refractivity (Wildman–Crippen MR) is 53.6 cm³/mol. The van der Waals surface area contributed by atoms with Gasteiger partial charge in [0.1, 0.15) is 5.82 Å². The average molecular weight is 196 g/mol. The standard InChI is InChI=1S/C9H16N4O/c1-10-4-3-9(14)13(2)7-8-11-5-6-12-8/h5-6,10H,3-4,7H2,1-2H3,(H,11,12). The summed E-state index contributed by atoms with van der Waals surface area (Å²) in [6, 6.07) is 0. The van der Waals surface area contributed by atoms with Gasteiger partial charge in [-0.15, -0.1) is 0 Å². The van der Waals surface area contributed by atoms with Crippen LogP contribution in [0, 0.1) is 0 Å². The van der Waals surface area contributed by atoms with Gasteiger partial charge in [0.25, 0.3) is 0 Å². The molecule has 0 aliphatic heterocycles. The Hall–Kier alpha value is -1.36. The van der Waals surface area contributed by atoms with Crippen LogP contribution in [0.4, 0.5) is 0 Å². The summed E-state index contributed by atoms with van der Waals surface area (Å²) in [5.41, 5.74) is 0. The van der Waals surface area contributed by atoms with Crippen LogP contribution in [-0.4, -0.2) is 41.4 Å². The highest BCUT2D eigenvalue weighted by Gasteiger charge is 2.08. The third-order valence-electron chi connectivity index (χ3n) is 1.96. The number of aromatic amines is 1. The molecule has 1 amide bonds. The van der Waals surface area contributed by atoms with E-state index < -0.39 is 0 Å². The van der Waals surface area contributed by atoms with Gasteiger partial charge in [0.2, 0.25) is 5.91 Å². The zero-order chi connectivity index (χ0) is 10.4. The third-order valence-corrected chi connectivity index (χ3v) is 1.96. The summed E-state index contributed by atoms with van der Waals surface area (Å²) in [4.78, 5) is 20.1. The van der Waals surface area contributed by atoms with E-state index in [1.807, 2.05) is 7.05 Å². The van der Waals surface area contributed by atoms with Crippen LogP contribution in [0.5, 0.6) is 0 Å². The van der Waals surface area contributed by atoms with Crippen LogP contribution < -0.4 is 5.32 Å². The first-order valence-electron chi connectivity index (χ1n) is 4.61. The van der Waals surface area contributed by atoms with Crippen molar-refractivity contribution in [3.8, 4) is 0 Å². The van der Waals surface area contributed by atoms with E-state index in [-0.39, 0.29) is 5.91 Å². The summed E-state index contributed by atoms with van der Waals surface area (Å²) in [6.45, 7) is 1.25. The monoisotopic (exact) mass is 196 g/mol. The van der Waals surface area contributed by atoms with Crippen molar-refractivity contribution in [3.05, 3.63) is 18.2 Å². The SMILES string of the molecule is CNCCC(=O)N(C)Cc1ncc[nH]1. The molecule has 5 heteroatoms. The molecule has 2 N–H and O–H groups in total. The second kappa shape index (κ2) is 5.39. The molecule has 0 saturated heterocycles. The Morgan fingerprint density at radius 1 is 1.71 bits per heavy atom. The van der Waals surface area contributed by atoms with Crippen molar-refractivity contribution >= 4 is 5.91 Å². The van der Waals surface area contributed by atoms with E-state index in [4.69, 9.17) is 0 Å². The minimum absolute atomic E-state index is 0.121. The van der Waals surface area contributed by atoms with E-state index in [1.54, 1.807) is 24.3 Å². The van der Waals surface area contributed by atoms with Crippen LogP contribution >= 0.6 is 0 Å². The lowest BCUT2D eigenvalue weighted by Gasteiger charge is -2.15. The lowest BCUT2D eigenvalue weighted by molar-refractivity contribution is -0.130. The molecule has 0 bridgehead atoms. The second-order valence-corrected chi connectivity index (χ2v) is 3.14. The summed E-state index contributed by atoms with van der Waals surface area (Å²) in [7, 11) is 3.61. The van der Waals surface area contributed by atoms with Crippen molar-refractivity contribution < 1.29 is 4.79 Å². The van der Waals surface area contributed by atoms with E-state index in [1.165, 1.54) is 0 Å². The number of carbonyl (C=O) groups excluding carboxylic acids is 1. The van der Waals surface area contributed by atoms with E-state index in [0.717, 1.165) is 5.82 Å². The molecular weight excluding hydrogens is 180 g/mol. The van der Waals surface area contributed by atoms with Crippen molar-refractivity contribution in [1.82, 2.24) is 20.2 Å². The molecule has 0 aliphatic carbocycles. The van der Waals surface area contributed by atoms with Crippen LogP contribution in [0.1, 0.15) is 12.2 Å². The highest BCUT2D eigenvalue weighted by atomic mass is 16.2. The smallest absolute Gasteiger partial charge is 0.223 e. The fourth-order valence-corrected chi connectivity index (χ4v) is 1.12. The Kier molecular flexibility index (Phi) is 4.12. The topological polar surface area (TPSA) is 61.0 Å². The van der Waals surface area contributed by atoms with Gasteiger partial charge >= 0.3 is 0 Å². The molecule has 0 spiro atoms. The lowest BCUT2D eigenvalue weighted by atomic mass is 10.3. The molecule has 0 radical (unpaired) electrons. The summed E-state index contributed by atoms with van der Waals surface area (Å²) >= 11 is 0. The number of aromatic nitrogens is 2. The first-order chi connectivity index (χ1) is 6.74. The number of imidazole rings is 1. The van der Waals surface area contributed by atoms with Gasteiger partial charge in [-0.05, 0) is 7.05 Å². The maximum atomic E-state index is 11.5. The van der Waals surface area contributed by atoms with Gasteiger partial charge in [-0.1, -0.05) is 0 Å². The minimum Gasteiger partial charge on any atom is -0.347 e. The molecule has 0 aromatic carbocycles. The molecule has 1 heterocycles. The summed E-state index contributed by atoms with van der Waals surface area (Å²) in [5, 5.41) is 2.94. The number of H-pyrrole nitrogens is 1. The molecule has 0 atom stereocenters. The van der Waals surface area contributed by atoms with Crippen LogP contribution in [0.2, 0.25) is 0 Å². The van der Waals surface area contributed by atoms with E-state index >= 15 is 0 Å². The Balaban J connectivity index is 2.34.